The van der Waals surface area contributed by atoms with Crippen LogP contribution >= 0.6 is 11.6 Å². The first-order valence-electron chi connectivity index (χ1n) is 6.87. The maximum atomic E-state index is 9.78. The van der Waals surface area contributed by atoms with Gasteiger partial charge in [-0.3, -0.25) is 0 Å². The Balaban J connectivity index is 0.000000333. The molecule has 2 rings (SSSR count). The van der Waals surface area contributed by atoms with Crippen molar-refractivity contribution >= 4 is 41.7 Å². The number of nitriles is 1. The molecule has 12 heteroatoms. The maximum Gasteiger partial charge on any atom is 0.388 e. The van der Waals surface area contributed by atoms with Gasteiger partial charge in [0, 0.05) is 6.04 Å². The number of halogens is 1. The Morgan fingerprint density at radius 1 is 1.20 bits per heavy atom. The molecule has 25 heavy (non-hydrogen) atoms. The first-order chi connectivity index (χ1) is 11.8. The summed E-state index contributed by atoms with van der Waals surface area (Å²) in [5.41, 5.74) is -0.748. The highest BCUT2D eigenvalue weighted by atomic mass is 35.5. The van der Waals surface area contributed by atoms with E-state index in [9.17, 15) is 14.4 Å². The summed E-state index contributed by atoms with van der Waals surface area (Å²) in [5.74, 6) is 0.753. The second-order valence-electron chi connectivity index (χ2n) is 5.22. The van der Waals surface area contributed by atoms with E-state index >= 15 is 0 Å². The summed E-state index contributed by atoms with van der Waals surface area (Å²) in [5, 5.41) is 15.1. The minimum Gasteiger partial charge on any atom is -0.351 e. The van der Waals surface area contributed by atoms with E-state index < -0.39 is 11.6 Å². The van der Waals surface area contributed by atoms with Gasteiger partial charge >= 0.3 is 6.03 Å². The average molecular weight is 365 g/mol. The quantitative estimate of drug-likeness (QED) is 0.596. The van der Waals surface area contributed by atoms with Gasteiger partial charge < -0.3 is 10.6 Å². The van der Waals surface area contributed by atoms with Gasteiger partial charge in [0.25, 0.3) is 0 Å². The number of nitrogens with zero attached hydrogens (tertiary/aromatic N) is 6. The van der Waals surface area contributed by atoms with E-state index in [4.69, 9.17) is 16.9 Å². The number of nitrogens with one attached hydrogen (secondary N) is 2. The fraction of sp³-hybridized carbons (Fsp3) is 0.462. The largest absolute Gasteiger partial charge is 0.388 e. The molecule has 1 aliphatic carbocycles. The third kappa shape index (κ3) is 8.29. The Hall–Kier alpha value is -3.18. The van der Waals surface area contributed by atoms with Crippen molar-refractivity contribution in [2.75, 3.05) is 10.6 Å². The Morgan fingerprint density at radius 3 is 2.24 bits per heavy atom. The number of isocyanates is 2. The first kappa shape index (κ1) is 19.9. The van der Waals surface area contributed by atoms with Gasteiger partial charge in [-0.15, -0.1) is 9.98 Å². The van der Waals surface area contributed by atoms with Crippen molar-refractivity contribution in [2.24, 2.45) is 9.98 Å². The van der Waals surface area contributed by atoms with Crippen LogP contribution in [0.2, 0.25) is 5.28 Å². The third-order valence-corrected chi connectivity index (χ3v) is 2.67. The zero-order chi connectivity index (χ0) is 18.9. The summed E-state index contributed by atoms with van der Waals surface area (Å²) in [6, 6.07) is 1.36. The molecule has 0 bridgehead atoms. The molecule has 0 unspecified atom stereocenters. The molecule has 0 aromatic carbocycles. The molecule has 0 radical (unpaired) electrons. The van der Waals surface area contributed by atoms with Gasteiger partial charge in [0.05, 0.1) is 6.07 Å². The van der Waals surface area contributed by atoms with Crippen molar-refractivity contribution in [3.05, 3.63) is 5.28 Å². The molecule has 2 N–H and O–H groups in total. The standard InChI is InChI=1S/C10H13ClN6.C3N2O3/c1-10(2,5-12)17-9-15-7(11)14-8(16-9)13-6-3-4-6;6-1-4-3(8)5-2-7/h6H,3-4H2,1-2H3,(H2,13,14,15,16,17);. The van der Waals surface area contributed by atoms with Crippen molar-refractivity contribution in [2.45, 2.75) is 38.3 Å². The second-order valence-corrected chi connectivity index (χ2v) is 5.56. The van der Waals surface area contributed by atoms with Crippen molar-refractivity contribution in [3.63, 3.8) is 0 Å². The molecule has 130 valence electrons. The summed E-state index contributed by atoms with van der Waals surface area (Å²) in [4.78, 5) is 45.1. The van der Waals surface area contributed by atoms with Crippen LogP contribution in [0.5, 0.6) is 0 Å². The molecule has 1 saturated carbocycles. The maximum absolute atomic E-state index is 9.78. The number of amides is 2. The predicted molar refractivity (Wildman–Crippen MR) is 86.4 cm³/mol. The third-order valence-electron chi connectivity index (χ3n) is 2.51. The Morgan fingerprint density at radius 2 is 1.76 bits per heavy atom. The summed E-state index contributed by atoms with van der Waals surface area (Å²) < 4.78 is 0. The molecular weight excluding hydrogens is 352 g/mol. The van der Waals surface area contributed by atoms with Crippen LogP contribution in [0.4, 0.5) is 16.7 Å². The normalized spacial score (nSPS) is 12.2. The van der Waals surface area contributed by atoms with E-state index in [-0.39, 0.29) is 5.28 Å². The van der Waals surface area contributed by atoms with Crippen LogP contribution in [0, 0.1) is 11.3 Å². The van der Waals surface area contributed by atoms with Crippen molar-refractivity contribution in [3.8, 4) is 6.07 Å². The fourth-order valence-corrected chi connectivity index (χ4v) is 1.45. The Kier molecular flexibility index (Phi) is 7.31. The SMILES string of the molecule is CC(C)(C#N)Nc1nc(Cl)nc(NC2CC2)n1.O=C=NC(=O)N=C=O. The molecule has 0 aliphatic heterocycles. The average Bonchev–Trinajstić information content (AvgIpc) is 3.31. The lowest BCUT2D eigenvalue weighted by atomic mass is 10.1. The van der Waals surface area contributed by atoms with Crippen LogP contribution in [0.25, 0.3) is 0 Å². The van der Waals surface area contributed by atoms with Crippen LogP contribution in [0.15, 0.2) is 9.98 Å². The van der Waals surface area contributed by atoms with Crippen molar-refractivity contribution in [1.29, 1.82) is 5.26 Å². The number of carbonyl (C=O) groups excluding carboxylic acids is 3. The highest BCUT2D eigenvalue weighted by Crippen LogP contribution is 2.24. The summed E-state index contributed by atoms with van der Waals surface area (Å²) in [7, 11) is 0. The van der Waals surface area contributed by atoms with E-state index in [1.54, 1.807) is 13.8 Å². The van der Waals surface area contributed by atoms with E-state index in [1.807, 2.05) is 0 Å². The van der Waals surface area contributed by atoms with Crippen molar-refractivity contribution < 1.29 is 14.4 Å². The van der Waals surface area contributed by atoms with E-state index in [0.717, 1.165) is 25.0 Å². The molecule has 0 spiro atoms. The van der Waals surface area contributed by atoms with Crippen molar-refractivity contribution in [1.82, 2.24) is 15.0 Å². The minimum atomic E-state index is -1.19. The highest BCUT2D eigenvalue weighted by molar-refractivity contribution is 6.28. The fourth-order valence-electron chi connectivity index (χ4n) is 1.29. The van der Waals surface area contributed by atoms with Gasteiger partial charge in [-0.1, -0.05) is 0 Å². The summed E-state index contributed by atoms with van der Waals surface area (Å²) >= 11 is 5.80. The molecule has 1 heterocycles. The van der Waals surface area contributed by atoms with E-state index in [0.29, 0.717) is 17.9 Å². The molecule has 0 atom stereocenters. The number of hydrogen-bond donors (Lipinski definition) is 2. The number of anilines is 2. The summed E-state index contributed by atoms with van der Waals surface area (Å²) in [6.07, 6.45) is 4.05. The van der Waals surface area contributed by atoms with Gasteiger partial charge in [-0.05, 0) is 38.3 Å². The van der Waals surface area contributed by atoms with Gasteiger partial charge in [0.1, 0.15) is 5.54 Å². The van der Waals surface area contributed by atoms with Crippen LogP contribution in [-0.4, -0.2) is 44.7 Å². The molecule has 1 fully saturated rings. The molecule has 1 aliphatic rings. The monoisotopic (exact) mass is 364 g/mol. The van der Waals surface area contributed by atoms with Crippen LogP contribution in [0.1, 0.15) is 26.7 Å². The smallest absolute Gasteiger partial charge is 0.351 e. The zero-order valence-corrected chi connectivity index (χ0v) is 14.0. The van der Waals surface area contributed by atoms with Crippen LogP contribution in [-0.2, 0) is 9.59 Å². The molecule has 1 aromatic rings. The van der Waals surface area contributed by atoms with Gasteiger partial charge in [0.15, 0.2) is 0 Å². The molecular formula is C13H13ClN8O3. The Labute approximate surface area is 147 Å². The lowest BCUT2D eigenvalue weighted by molar-refractivity contribution is 0.257. The van der Waals surface area contributed by atoms with Gasteiger partial charge in [0.2, 0.25) is 29.3 Å². The highest BCUT2D eigenvalue weighted by Gasteiger charge is 2.23. The number of urea groups is 1. The minimum absolute atomic E-state index is 0.111. The second kappa shape index (κ2) is 9.20. The van der Waals surface area contributed by atoms with Gasteiger partial charge in [-0.25, -0.2) is 14.4 Å². The van der Waals surface area contributed by atoms with E-state index in [2.05, 4.69) is 41.6 Å². The number of rotatable bonds is 4. The lowest BCUT2D eigenvalue weighted by Gasteiger charge is -2.17. The number of aromatic nitrogens is 3. The summed E-state index contributed by atoms with van der Waals surface area (Å²) in [6.45, 7) is 3.47. The molecule has 1 aromatic heterocycles. The number of carbonyl (C=O) groups is 1. The zero-order valence-electron chi connectivity index (χ0n) is 13.3. The van der Waals surface area contributed by atoms with Gasteiger partial charge in [-0.2, -0.15) is 20.2 Å². The first-order valence-corrected chi connectivity index (χ1v) is 7.24. The lowest BCUT2D eigenvalue weighted by Crippen LogP contribution is -2.29. The molecule has 0 saturated heterocycles. The number of aliphatic imine (C=N–C) groups is 2. The predicted octanol–water partition coefficient (Wildman–Crippen LogP) is 1.59. The molecule has 11 nitrogen and oxygen atoms in total. The van der Waals surface area contributed by atoms with Crippen LogP contribution in [0.3, 0.4) is 0 Å². The van der Waals surface area contributed by atoms with Crippen LogP contribution < -0.4 is 10.6 Å². The topological polar surface area (TPSA) is 162 Å². The number of hydrogen-bond acceptors (Lipinski definition) is 9. The molecule has 2 amide bonds. The Bertz CT molecular complexity index is 754. The van der Waals surface area contributed by atoms with E-state index in [1.165, 1.54) is 0 Å².